The van der Waals surface area contributed by atoms with Gasteiger partial charge in [0.2, 0.25) is 5.95 Å². The number of ether oxygens (including phenoxy) is 1. The highest BCUT2D eigenvalue weighted by atomic mass is 127. The van der Waals surface area contributed by atoms with Crippen molar-refractivity contribution in [3.8, 4) is 5.88 Å². The number of aromatic nitrogens is 4. The first-order chi connectivity index (χ1) is 10.4. The van der Waals surface area contributed by atoms with Crippen molar-refractivity contribution >= 4 is 40.1 Å². The maximum absolute atomic E-state index is 14.8. The van der Waals surface area contributed by atoms with Crippen LogP contribution in [-0.4, -0.2) is 54.2 Å². The molecule has 3 heterocycles. The monoisotopic (exact) mass is 425 g/mol. The van der Waals surface area contributed by atoms with Crippen LogP contribution in [0.15, 0.2) is 6.33 Å². The number of hydrogen-bond acceptors (Lipinski definition) is 8. The van der Waals surface area contributed by atoms with Gasteiger partial charge in [-0.15, -0.1) is 0 Å². The summed E-state index contributed by atoms with van der Waals surface area (Å²) in [4.78, 5) is 12.0. The number of anilines is 1. The molecule has 4 atom stereocenters. The highest BCUT2D eigenvalue weighted by molar-refractivity contribution is 14.1. The molecule has 120 valence electrons. The Morgan fingerprint density at radius 3 is 2.91 bits per heavy atom. The zero-order chi connectivity index (χ0) is 16.1. The summed E-state index contributed by atoms with van der Waals surface area (Å²) >= 11 is 1.62. The van der Waals surface area contributed by atoms with Crippen molar-refractivity contribution in [3.05, 3.63) is 6.33 Å². The quantitative estimate of drug-likeness (QED) is 0.592. The fraction of sp³-hybridized carbons (Fsp3) is 0.545. The third kappa shape index (κ3) is 2.19. The van der Waals surface area contributed by atoms with Gasteiger partial charge in [-0.1, -0.05) is 0 Å². The Labute approximate surface area is 138 Å². The van der Waals surface area contributed by atoms with Crippen molar-refractivity contribution < 1.29 is 22.4 Å². The number of nitrogens with two attached hydrogens (primary N) is 1. The van der Waals surface area contributed by atoms with E-state index in [-0.39, 0.29) is 23.0 Å². The van der Waals surface area contributed by atoms with Crippen molar-refractivity contribution in [2.24, 2.45) is 0 Å². The normalized spacial score (nSPS) is 31.8. The molecule has 4 N–H and O–H groups in total. The third-order valence-corrected chi connectivity index (χ3v) is 4.05. The molecule has 0 aromatic carbocycles. The summed E-state index contributed by atoms with van der Waals surface area (Å²) in [7, 11) is 0. The van der Waals surface area contributed by atoms with Crippen LogP contribution in [-0.2, 0) is 4.74 Å². The Balaban J connectivity index is 2.13. The largest absolute Gasteiger partial charge is 0.406 e. The molecule has 1 aliphatic heterocycles. The molecular formula is C11H13FIN5O4. The summed E-state index contributed by atoms with van der Waals surface area (Å²) in [6.07, 6.45) is -2.45. The first kappa shape index (κ1) is 15.6. The van der Waals surface area contributed by atoms with Crippen LogP contribution in [0.1, 0.15) is 13.2 Å². The van der Waals surface area contributed by atoms with E-state index in [1.807, 2.05) is 0 Å². The molecule has 2 aromatic heterocycles. The number of nitrogens with zero attached hydrogens (tertiary/aromatic N) is 4. The molecule has 0 saturated carbocycles. The number of nitrogen functional groups attached to an aromatic ring is 1. The molecule has 3 rings (SSSR count). The average molecular weight is 425 g/mol. The molecule has 1 saturated heterocycles. The Morgan fingerprint density at radius 2 is 2.32 bits per heavy atom. The van der Waals surface area contributed by atoms with Gasteiger partial charge in [0.05, 0.1) is 12.9 Å². The van der Waals surface area contributed by atoms with Gasteiger partial charge in [0.25, 0.3) is 5.88 Å². The van der Waals surface area contributed by atoms with Crippen molar-refractivity contribution in [1.82, 2.24) is 19.5 Å². The molecule has 0 amide bonds. The van der Waals surface area contributed by atoms with E-state index in [1.165, 1.54) is 17.8 Å². The first-order valence-corrected chi connectivity index (χ1v) is 7.20. The first-order valence-electron chi connectivity index (χ1n) is 6.32. The van der Waals surface area contributed by atoms with Crippen molar-refractivity contribution in [2.75, 3.05) is 12.3 Å². The molecule has 1 aliphatic rings. The smallest absolute Gasteiger partial charge is 0.257 e. The van der Waals surface area contributed by atoms with E-state index in [2.05, 4.69) is 15.0 Å². The predicted molar refractivity (Wildman–Crippen MR) is 80.9 cm³/mol. The number of hydrogen-bond donors (Lipinski definition) is 3. The minimum Gasteiger partial charge on any atom is -0.406 e. The van der Waals surface area contributed by atoms with Gasteiger partial charge in [0, 0.05) is 0 Å². The second-order valence-corrected chi connectivity index (χ2v) is 5.53. The molecule has 0 bridgehead atoms. The maximum atomic E-state index is 14.8. The van der Waals surface area contributed by atoms with Gasteiger partial charge < -0.3 is 23.7 Å². The summed E-state index contributed by atoms with van der Waals surface area (Å²) in [6.45, 7) is 0.674. The standard InChI is InChI=1S/C11H13FIN5O4/c1-11(12)6(20)4(2-19)21-9(11)18-3-15-5-7(18)16-10(14)17-8(5)22-13/h3-4,6,9,19-20H,2H2,1H3,(H2,14,16,17)/t4-,6-,9-,11-/m1/s1. The van der Waals surface area contributed by atoms with Gasteiger partial charge in [-0.05, 0) is 6.92 Å². The van der Waals surface area contributed by atoms with Gasteiger partial charge in [-0.25, -0.2) is 9.37 Å². The lowest BCUT2D eigenvalue weighted by molar-refractivity contribution is -0.0566. The Morgan fingerprint density at radius 1 is 1.59 bits per heavy atom. The minimum absolute atomic E-state index is 0.0706. The Bertz CT molecular complexity index is 711. The molecule has 1 fully saturated rings. The number of rotatable bonds is 3. The Hall–Kier alpha value is -1.31. The SMILES string of the molecule is C[C@@]1(F)[C@H](O)[C@@H](CO)O[C@H]1n1cnc2c(OI)nc(N)nc21. The number of aliphatic hydroxyl groups excluding tert-OH is 2. The summed E-state index contributed by atoms with van der Waals surface area (Å²) in [5.74, 6) is 0.0680. The number of fused-ring (bicyclic) bond motifs is 1. The van der Waals surface area contributed by atoms with Crippen LogP contribution in [0.25, 0.3) is 11.2 Å². The molecule has 0 aliphatic carbocycles. The lowest BCUT2D eigenvalue weighted by Crippen LogP contribution is -2.40. The Kier molecular flexibility index (Phi) is 3.82. The van der Waals surface area contributed by atoms with Crippen LogP contribution in [0.5, 0.6) is 5.88 Å². The fourth-order valence-corrected chi connectivity index (χ4v) is 2.80. The molecule has 0 spiro atoms. The van der Waals surface area contributed by atoms with Crippen molar-refractivity contribution in [2.45, 2.75) is 31.0 Å². The van der Waals surface area contributed by atoms with E-state index in [9.17, 15) is 14.6 Å². The van der Waals surface area contributed by atoms with E-state index in [0.29, 0.717) is 0 Å². The predicted octanol–water partition coefficient (Wildman–Crippen LogP) is 0.116. The molecule has 11 heteroatoms. The lowest BCUT2D eigenvalue weighted by Gasteiger charge is -2.24. The van der Waals surface area contributed by atoms with Gasteiger partial charge >= 0.3 is 0 Å². The molecular weight excluding hydrogens is 412 g/mol. The van der Waals surface area contributed by atoms with E-state index in [1.54, 1.807) is 23.0 Å². The maximum Gasteiger partial charge on any atom is 0.257 e. The van der Waals surface area contributed by atoms with E-state index in [4.69, 9.17) is 13.5 Å². The number of imidazole rings is 1. The number of alkyl halides is 1. The second-order valence-electron chi connectivity index (χ2n) is 5.09. The molecule has 9 nitrogen and oxygen atoms in total. The third-order valence-electron chi connectivity index (χ3n) is 3.63. The highest BCUT2D eigenvalue weighted by Gasteiger charge is 2.55. The lowest BCUT2D eigenvalue weighted by atomic mass is 9.99. The number of aliphatic hydroxyl groups is 2. The molecule has 0 unspecified atom stereocenters. The summed E-state index contributed by atoms with van der Waals surface area (Å²) in [5, 5.41) is 19.1. The minimum atomic E-state index is -2.15. The van der Waals surface area contributed by atoms with Crippen molar-refractivity contribution in [1.29, 1.82) is 0 Å². The fourth-order valence-electron chi connectivity index (χ4n) is 2.50. The molecule has 0 radical (unpaired) electrons. The van der Waals surface area contributed by atoms with Gasteiger partial charge in [-0.2, -0.15) is 9.97 Å². The van der Waals surface area contributed by atoms with Crippen LogP contribution >= 0.6 is 23.0 Å². The van der Waals surface area contributed by atoms with Crippen LogP contribution in [0.2, 0.25) is 0 Å². The zero-order valence-electron chi connectivity index (χ0n) is 11.3. The van der Waals surface area contributed by atoms with E-state index >= 15 is 0 Å². The van der Waals surface area contributed by atoms with Crippen LogP contribution < -0.4 is 8.80 Å². The highest BCUT2D eigenvalue weighted by Crippen LogP contribution is 2.42. The summed E-state index contributed by atoms with van der Waals surface area (Å²) < 4.78 is 26.6. The van der Waals surface area contributed by atoms with Crippen LogP contribution in [0, 0.1) is 0 Å². The van der Waals surface area contributed by atoms with Gasteiger partial charge in [0.15, 0.2) is 46.1 Å². The molecule has 22 heavy (non-hydrogen) atoms. The van der Waals surface area contributed by atoms with Gasteiger partial charge in [0.1, 0.15) is 12.2 Å². The number of halogens is 2. The van der Waals surface area contributed by atoms with Crippen LogP contribution in [0.4, 0.5) is 10.3 Å². The van der Waals surface area contributed by atoms with E-state index in [0.717, 1.165) is 0 Å². The van der Waals surface area contributed by atoms with E-state index < -0.39 is 30.7 Å². The topological polar surface area (TPSA) is 129 Å². The summed E-state index contributed by atoms with van der Waals surface area (Å²) in [5.41, 5.74) is 3.95. The second kappa shape index (κ2) is 5.40. The van der Waals surface area contributed by atoms with Crippen LogP contribution in [0.3, 0.4) is 0 Å². The summed E-state index contributed by atoms with van der Waals surface area (Å²) in [6, 6.07) is 0. The zero-order valence-corrected chi connectivity index (χ0v) is 13.5. The van der Waals surface area contributed by atoms with Gasteiger partial charge in [-0.3, -0.25) is 4.57 Å². The van der Waals surface area contributed by atoms with Crippen molar-refractivity contribution in [3.63, 3.8) is 0 Å². The average Bonchev–Trinajstić information content (AvgIpc) is 2.98. The molecule has 2 aromatic rings.